The van der Waals surface area contributed by atoms with Crippen molar-refractivity contribution in [2.45, 2.75) is 19.8 Å². The van der Waals surface area contributed by atoms with Crippen molar-refractivity contribution in [3.05, 3.63) is 28.8 Å². The fourth-order valence-electron chi connectivity index (χ4n) is 2.37. The fraction of sp³-hybridized carbons (Fsp3) is 0.500. The minimum Gasteiger partial charge on any atom is -0.396 e. The van der Waals surface area contributed by atoms with Gasteiger partial charge >= 0.3 is 6.03 Å². The van der Waals surface area contributed by atoms with Crippen molar-refractivity contribution in [3.63, 3.8) is 0 Å². The number of rotatable bonds is 2. The molecule has 2 rings (SSSR count). The first-order valence-corrected chi connectivity index (χ1v) is 6.91. The van der Waals surface area contributed by atoms with E-state index in [-0.39, 0.29) is 18.6 Å². The second kappa shape index (κ2) is 6.26. The van der Waals surface area contributed by atoms with Crippen LogP contribution in [-0.4, -0.2) is 35.7 Å². The smallest absolute Gasteiger partial charge is 0.321 e. The Morgan fingerprint density at radius 1 is 1.58 bits per heavy atom. The number of hydrogen-bond acceptors (Lipinski definition) is 2. The molecule has 0 unspecified atom stereocenters. The third-order valence-corrected chi connectivity index (χ3v) is 3.83. The van der Waals surface area contributed by atoms with Crippen LogP contribution in [0.4, 0.5) is 10.5 Å². The molecule has 19 heavy (non-hydrogen) atoms. The van der Waals surface area contributed by atoms with Crippen LogP contribution >= 0.6 is 11.6 Å². The number of nitrogens with one attached hydrogen (secondary N) is 1. The largest absolute Gasteiger partial charge is 0.396 e. The summed E-state index contributed by atoms with van der Waals surface area (Å²) in [5.41, 5.74) is 1.61. The number of amides is 2. The highest BCUT2D eigenvalue weighted by Gasteiger charge is 2.23. The van der Waals surface area contributed by atoms with Crippen molar-refractivity contribution < 1.29 is 9.90 Å². The van der Waals surface area contributed by atoms with E-state index in [1.165, 1.54) is 0 Å². The number of benzene rings is 1. The maximum Gasteiger partial charge on any atom is 0.321 e. The van der Waals surface area contributed by atoms with Gasteiger partial charge in [-0.2, -0.15) is 0 Å². The molecule has 0 aliphatic carbocycles. The number of aliphatic hydroxyl groups is 1. The first-order valence-electron chi connectivity index (χ1n) is 6.53. The van der Waals surface area contributed by atoms with Crippen molar-refractivity contribution in [2.24, 2.45) is 5.92 Å². The summed E-state index contributed by atoms with van der Waals surface area (Å²) in [6.07, 6.45) is 1.91. The number of urea groups is 1. The van der Waals surface area contributed by atoms with E-state index < -0.39 is 0 Å². The van der Waals surface area contributed by atoms with Gasteiger partial charge in [-0.25, -0.2) is 4.79 Å². The number of carbonyl (C=O) groups excluding carboxylic acids is 1. The topological polar surface area (TPSA) is 52.6 Å². The Balaban J connectivity index is 2.04. The molecule has 4 nitrogen and oxygen atoms in total. The lowest BCUT2D eigenvalue weighted by Gasteiger charge is -2.32. The van der Waals surface area contributed by atoms with E-state index in [1.807, 2.05) is 19.1 Å². The van der Waals surface area contributed by atoms with Gasteiger partial charge in [-0.3, -0.25) is 0 Å². The first kappa shape index (κ1) is 14.2. The molecule has 1 aliphatic rings. The van der Waals surface area contributed by atoms with E-state index in [0.717, 1.165) is 24.9 Å². The van der Waals surface area contributed by atoms with Crippen LogP contribution in [0.1, 0.15) is 18.4 Å². The second-order valence-corrected chi connectivity index (χ2v) is 5.41. The number of nitrogens with zero attached hydrogens (tertiary/aromatic N) is 1. The number of aryl methyl sites for hydroxylation is 1. The Hall–Kier alpha value is -1.26. The van der Waals surface area contributed by atoms with E-state index in [1.54, 1.807) is 11.0 Å². The molecule has 1 fully saturated rings. The number of halogens is 1. The molecule has 2 amide bonds. The Labute approximate surface area is 118 Å². The van der Waals surface area contributed by atoms with Crippen LogP contribution in [0, 0.1) is 12.8 Å². The lowest BCUT2D eigenvalue weighted by molar-refractivity contribution is 0.136. The van der Waals surface area contributed by atoms with Crippen LogP contribution in [0.15, 0.2) is 18.2 Å². The molecule has 1 aromatic carbocycles. The van der Waals surface area contributed by atoms with Crippen LogP contribution in [0.5, 0.6) is 0 Å². The van der Waals surface area contributed by atoms with Gasteiger partial charge in [0.25, 0.3) is 0 Å². The average molecular weight is 283 g/mol. The summed E-state index contributed by atoms with van der Waals surface area (Å²) >= 11 is 6.10. The van der Waals surface area contributed by atoms with Crippen molar-refractivity contribution in [3.8, 4) is 0 Å². The second-order valence-electron chi connectivity index (χ2n) is 5.00. The standard InChI is InChI=1S/C14H19ClN2O2/c1-10-4-2-6-12(15)13(10)16-14(19)17-7-3-5-11(8-17)9-18/h2,4,6,11,18H,3,5,7-9H2,1H3,(H,16,19)/t11-/m0/s1. The minimum atomic E-state index is -0.144. The summed E-state index contributed by atoms with van der Waals surface area (Å²) in [7, 11) is 0. The Bertz CT molecular complexity index is 445. The molecule has 0 aromatic heterocycles. The zero-order chi connectivity index (χ0) is 13.8. The Kier molecular flexibility index (Phi) is 4.66. The number of piperidine rings is 1. The predicted octanol–water partition coefficient (Wildman–Crippen LogP) is 2.88. The number of anilines is 1. The van der Waals surface area contributed by atoms with Crippen LogP contribution in [0.3, 0.4) is 0 Å². The third-order valence-electron chi connectivity index (χ3n) is 3.52. The van der Waals surface area contributed by atoms with Gasteiger partial charge in [0.15, 0.2) is 0 Å². The quantitative estimate of drug-likeness (QED) is 0.876. The predicted molar refractivity (Wildman–Crippen MR) is 76.6 cm³/mol. The van der Waals surface area contributed by atoms with E-state index in [9.17, 15) is 9.90 Å². The molecule has 104 valence electrons. The van der Waals surface area contributed by atoms with Gasteiger partial charge in [0, 0.05) is 19.7 Å². The van der Waals surface area contributed by atoms with Gasteiger partial charge in [-0.05, 0) is 37.3 Å². The minimum absolute atomic E-state index is 0.134. The van der Waals surface area contributed by atoms with Crippen LogP contribution < -0.4 is 5.32 Å². The van der Waals surface area contributed by atoms with E-state index in [2.05, 4.69) is 5.32 Å². The molecule has 0 radical (unpaired) electrons. The molecule has 1 saturated heterocycles. The first-order chi connectivity index (χ1) is 9.11. The highest BCUT2D eigenvalue weighted by molar-refractivity contribution is 6.33. The number of para-hydroxylation sites is 1. The zero-order valence-electron chi connectivity index (χ0n) is 11.0. The molecule has 1 atom stereocenters. The van der Waals surface area contributed by atoms with Crippen LogP contribution in [0.25, 0.3) is 0 Å². The highest BCUT2D eigenvalue weighted by atomic mass is 35.5. The summed E-state index contributed by atoms with van der Waals surface area (Å²) in [5.74, 6) is 0.187. The lowest BCUT2D eigenvalue weighted by Crippen LogP contribution is -2.43. The monoisotopic (exact) mass is 282 g/mol. The highest BCUT2D eigenvalue weighted by Crippen LogP contribution is 2.26. The summed E-state index contributed by atoms with van der Waals surface area (Å²) in [4.78, 5) is 14.0. The third kappa shape index (κ3) is 3.39. The van der Waals surface area contributed by atoms with E-state index in [0.29, 0.717) is 17.3 Å². The van der Waals surface area contributed by atoms with Crippen molar-refractivity contribution in [1.82, 2.24) is 4.90 Å². The summed E-state index contributed by atoms with van der Waals surface area (Å²) in [6.45, 7) is 3.38. The zero-order valence-corrected chi connectivity index (χ0v) is 11.8. The molecule has 0 spiro atoms. The molecule has 1 heterocycles. The van der Waals surface area contributed by atoms with E-state index >= 15 is 0 Å². The SMILES string of the molecule is Cc1cccc(Cl)c1NC(=O)N1CCC[C@H](CO)C1. The summed E-state index contributed by atoms with van der Waals surface area (Å²) in [5, 5.41) is 12.6. The maximum atomic E-state index is 12.2. The van der Waals surface area contributed by atoms with E-state index in [4.69, 9.17) is 11.6 Å². The summed E-state index contributed by atoms with van der Waals surface area (Å²) in [6, 6.07) is 5.38. The molecule has 0 bridgehead atoms. The Morgan fingerprint density at radius 2 is 2.37 bits per heavy atom. The number of likely N-dealkylation sites (tertiary alicyclic amines) is 1. The number of hydrogen-bond donors (Lipinski definition) is 2. The fourth-order valence-corrected chi connectivity index (χ4v) is 2.64. The summed E-state index contributed by atoms with van der Waals surface area (Å²) < 4.78 is 0. The van der Waals surface area contributed by atoms with Crippen molar-refractivity contribution >= 4 is 23.3 Å². The van der Waals surface area contributed by atoms with Crippen molar-refractivity contribution in [2.75, 3.05) is 25.0 Å². The van der Waals surface area contributed by atoms with Gasteiger partial charge in [0.2, 0.25) is 0 Å². The number of carbonyl (C=O) groups is 1. The van der Waals surface area contributed by atoms with Gasteiger partial charge in [0.05, 0.1) is 10.7 Å². The van der Waals surface area contributed by atoms with Gasteiger partial charge in [0.1, 0.15) is 0 Å². The molecule has 2 N–H and O–H groups in total. The lowest BCUT2D eigenvalue weighted by atomic mass is 9.99. The van der Waals surface area contributed by atoms with Gasteiger partial charge in [-0.15, -0.1) is 0 Å². The molecule has 5 heteroatoms. The molecular weight excluding hydrogens is 264 g/mol. The molecule has 1 aromatic rings. The average Bonchev–Trinajstić information content (AvgIpc) is 2.43. The number of aliphatic hydroxyl groups excluding tert-OH is 1. The molecular formula is C14H19ClN2O2. The van der Waals surface area contributed by atoms with Crippen LogP contribution in [-0.2, 0) is 0 Å². The molecule has 1 aliphatic heterocycles. The van der Waals surface area contributed by atoms with Crippen LogP contribution in [0.2, 0.25) is 5.02 Å². The van der Waals surface area contributed by atoms with Gasteiger partial charge in [-0.1, -0.05) is 23.7 Å². The normalized spacial score (nSPS) is 19.3. The van der Waals surface area contributed by atoms with Crippen molar-refractivity contribution in [1.29, 1.82) is 0 Å². The molecule has 0 saturated carbocycles. The Morgan fingerprint density at radius 3 is 3.05 bits per heavy atom. The van der Waals surface area contributed by atoms with Gasteiger partial charge < -0.3 is 15.3 Å². The maximum absolute atomic E-state index is 12.2.